The van der Waals surface area contributed by atoms with E-state index in [1.807, 2.05) is 24.4 Å². The summed E-state index contributed by atoms with van der Waals surface area (Å²) < 4.78 is 0. The summed E-state index contributed by atoms with van der Waals surface area (Å²) in [5, 5.41) is 11.9. The monoisotopic (exact) mass is 257 g/mol. The smallest absolute Gasteiger partial charge is 0.347 e. The first-order chi connectivity index (χ1) is 9.01. The molecule has 0 atom stereocenters. The number of aromatic amines is 2. The Hall–Kier alpha value is -2.55. The van der Waals surface area contributed by atoms with Gasteiger partial charge in [-0.2, -0.15) is 10.2 Å². The first-order valence-corrected chi connectivity index (χ1v) is 5.90. The number of H-pyrrole nitrogens is 2. The van der Waals surface area contributed by atoms with Crippen LogP contribution in [0.15, 0.2) is 29.2 Å². The minimum atomic E-state index is -0.528. The second-order valence-electron chi connectivity index (χ2n) is 4.92. The predicted octanol–water partition coefficient (Wildman–Crippen LogP) is 1.36. The second-order valence-corrected chi connectivity index (χ2v) is 4.92. The van der Waals surface area contributed by atoms with E-state index < -0.39 is 5.69 Å². The van der Waals surface area contributed by atoms with Crippen molar-refractivity contribution >= 4 is 5.82 Å². The predicted molar refractivity (Wildman–Crippen MR) is 71.9 cm³/mol. The van der Waals surface area contributed by atoms with E-state index >= 15 is 0 Å². The van der Waals surface area contributed by atoms with Crippen LogP contribution in [0.4, 0.5) is 5.82 Å². The summed E-state index contributed by atoms with van der Waals surface area (Å²) in [5.41, 5.74) is 0.616. The van der Waals surface area contributed by atoms with E-state index in [1.165, 1.54) is 6.07 Å². The molecule has 6 nitrogen and oxygen atoms in total. The third-order valence-electron chi connectivity index (χ3n) is 2.90. The number of nitrogens with one attached hydrogen (secondary N) is 3. The topological polar surface area (TPSA) is 97.4 Å². The maximum Gasteiger partial charge on any atom is 0.347 e. The van der Waals surface area contributed by atoms with E-state index in [9.17, 15) is 4.79 Å². The van der Waals surface area contributed by atoms with Crippen LogP contribution in [0.3, 0.4) is 0 Å². The summed E-state index contributed by atoms with van der Waals surface area (Å²) in [4.78, 5) is 20.6. The highest BCUT2D eigenvalue weighted by atomic mass is 16.1. The number of hydrogen-bond donors (Lipinski definition) is 3. The van der Waals surface area contributed by atoms with Gasteiger partial charge in [0.15, 0.2) is 0 Å². The van der Waals surface area contributed by atoms with Crippen molar-refractivity contribution in [2.45, 2.75) is 19.3 Å². The van der Waals surface area contributed by atoms with Gasteiger partial charge in [0.25, 0.3) is 0 Å². The molecule has 2 rings (SSSR count). The highest BCUT2D eigenvalue weighted by Gasteiger charge is 2.21. The molecule has 3 N–H and O–H groups in total. The van der Waals surface area contributed by atoms with Gasteiger partial charge in [-0.3, -0.25) is 4.98 Å². The highest BCUT2D eigenvalue weighted by molar-refractivity contribution is 5.39. The van der Waals surface area contributed by atoms with Crippen LogP contribution < -0.4 is 11.0 Å². The van der Waals surface area contributed by atoms with Crippen molar-refractivity contribution < 1.29 is 0 Å². The number of rotatable bonds is 4. The van der Waals surface area contributed by atoms with Crippen LogP contribution in [0.25, 0.3) is 0 Å². The average molecular weight is 257 g/mol. The molecule has 2 aromatic rings. The van der Waals surface area contributed by atoms with Crippen molar-refractivity contribution in [2.75, 3.05) is 11.9 Å². The van der Waals surface area contributed by atoms with Gasteiger partial charge in [-0.25, -0.2) is 4.79 Å². The van der Waals surface area contributed by atoms with E-state index in [-0.39, 0.29) is 11.1 Å². The standard InChI is InChI=1S/C13H15N5O/c1-13(2,10-4-3-5-15-10)8-16-11-6-9(7-14)17-12(19)18-11/h3-6,15H,8H2,1-2H3,(H2,16,17,18,19). The SMILES string of the molecule is CC(C)(CNc1cc(C#N)[nH]c(=O)n1)c1ccc[nH]1. The highest BCUT2D eigenvalue weighted by Crippen LogP contribution is 2.21. The summed E-state index contributed by atoms with van der Waals surface area (Å²) in [5.74, 6) is 0.403. The molecular formula is C13H15N5O. The Labute approximate surface area is 110 Å². The molecule has 0 aliphatic rings. The van der Waals surface area contributed by atoms with E-state index in [0.717, 1.165) is 5.69 Å². The van der Waals surface area contributed by atoms with Crippen molar-refractivity contribution in [2.24, 2.45) is 0 Å². The molecule has 0 radical (unpaired) electrons. The van der Waals surface area contributed by atoms with Crippen molar-refractivity contribution in [1.29, 1.82) is 5.26 Å². The van der Waals surface area contributed by atoms with Gasteiger partial charge in [-0.1, -0.05) is 13.8 Å². The molecule has 0 saturated heterocycles. The molecule has 2 aromatic heterocycles. The normalized spacial score (nSPS) is 11.0. The lowest BCUT2D eigenvalue weighted by Crippen LogP contribution is -2.29. The number of aromatic nitrogens is 3. The van der Waals surface area contributed by atoms with Crippen molar-refractivity contribution in [3.05, 3.63) is 46.3 Å². The first kappa shape index (κ1) is 12.9. The summed E-state index contributed by atoms with van der Waals surface area (Å²) in [7, 11) is 0. The lowest BCUT2D eigenvalue weighted by Gasteiger charge is -2.24. The zero-order valence-electron chi connectivity index (χ0n) is 10.8. The van der Waals surface area contributed by atoms with Gasteiger partial charge in [0, 0.05) is 29.9 Å². The Balaban J connectivity index is 2.13. The van der Waals surface area contributed by atoms with Crippen LogP contribution in [-0.4, -0.2) is 21.5 Å². The quantitative estimate of drug-likeness (QED) is 0.770. The fourth-order valence-corrected chi connectivity index (χ4v) is 1.77. The Morgan fingerprint density at radius 2 is 2.32 bits per heavy atom. The van der Waals surface area contributed by atoms with Crippen molar-refractivity contribution in [3.8, 4) is 6.07 Å². The number of nitrogens with zero attached hydrogens (tertiary/aromatic N) is 2. The molecule has 0 saturated carbocycles. The van der Waals surface area contributed by atoms with E-state index in [4.69, 9.17) is 5.26 Å². The Morgan fingerprint density at radius 3 is 2.95 bits per heavy atom. The summed E-state index contributed by atoms with van der Waals surface area (Å²) in [6.45, 7) is 4.74. The zero-order chi connectivity index (χ0) is 13.9. The van der Waals surface area contributed by atoms with Crippen LogP contribution in [0.5, 0.6) is 0 Å². The van der Waals surface area contributed by atoms with Gasteiger partial charge < -0.3 is 10.3 Å². The molecule has 0 aromatic carbocycles. The van der Waals surface area contributed by atoms with E-state index in [1.54, 1.807) is 0 Å². The van der Waals surface area contributed by atoms with Crippen LogP contribution in [0, 0.1) is 11.3 Å². The van der Waals surface area contributed by atoms with Gasteiger partial charge >= 0.3 is 5.69 Å². The van der Waals surface area contributed by atoms with E-state index in [2.05, 4.69) is 34.1 Å². The maximum atomic E-state index is 11.3. The molecule has 19 heavy (non-hydrogen) atoms. The fourth-order valence-electron chi connectivity index (χ4n) is 1.77. The molecule has 0 spiro atoms. The molecular weight excluding hydrogens is 242 g/mol. The average Bonchev–Trinajstić information content (AvgIpc) is 2.90. The molecule has 6 heteroatoms. The largest absolute Gasteiger partial charge is 0.369 e. The summed E-state index contributed by atoms with van der Waals surface area (Å²) in [6.07, 6.45) is 1.87. The van der Waals surface area contributed by atoms with Crippen molar-refractivity contribution in [1.82, 2.24) is 15.0 Å². The third-order valence-corrected chi connectivity index (χ3v) is 2.90. The summed E-state index contributed by atoms with van der Waals surface area (Å²) >= 11 is 0. The van der Waals surface area contributed by atoms with Crippen LogP contribution in [0.1, 0.15) is 25.2 Å². The number of hydrogen-bond acceptors (Lipinski definition) is 4. The molecule has 0 bridgehead atoms. The van der Waals surface area contributed by atoms with Gasteiger partial charge in [0.05, 0.1) is 0 Å². The van der Waals surface area contributed by atoms with E-state index in [0.29, 0.717) is 12.4 Å². The molecule has 2 heterocycles. The van der Waals surface area contributed by atoms with Gasteiger partial charge in [-0.15, -0.1) is 0 Å². The Bertz CT molecular complexity index is 648. The molecule has 0 unspecified atom stereocenters. The second kappa shape index (κ2) is 4.98. The molecule has 0 amide bonds. The first-order valence-electron chi connectivity index (χ1n) is 5.90. The third kappa shape index (κ3) is 3.01. The van der Waals surface area contributed by atoms with Crippen LogP contribution in [-0.2, 0) is 5.41 Å². The zero-order valence-corrected chi connectivity index (χ0v) is 10.8. The number of anilines is 1. The fraction of sp³-hybridized carbons (Fsp3) is 0.308. The van der Waals surface area contributed by atoms with Gasteiger partial charge in [-0.05, 0) is 12.1 Å². The van der Waals surface area contributed by atoms with Crippen molar-refractivity contribution in [3.63, 3.8) is 0 Å². The molecule has 0 aliphatic carbocycles. The minimum Gasteiger partial charge on any atom is -0.369 e. The number of nitriles is 1. The molecule has 0 aliphatic heterocycles. The Morgan fingerprint density at radius 1 is 1.53 bits per heavy atom. The van der Waals surface area contributed by atoms with Crippen LogP contribution >= 0.6 is 0 Å². The lowest BCUT2D eigenvalue weighted by atomic mass is 9.89. The minimum absolute atomic E-state index is 0.138. The maximum absolute atomic E-state index is 11.3. The summed E-state index contributed by atoms with van der Waals surface area (Å²) in [6, 6.07) is 7.36. The van der Waals surface area contributed by atoms with Gasteiger partial charge in [0.1, 0.15) is 17.6 Å². The molecule has 0 fully saturated rings. The molecule has 98 valence electrons. The van der Waals surface area contributed by atoms with Gasteiger partial charge in [0.2, 0.25) is 0 Å². The lowest BCUT2D eigenvalue weighted by molar-refractivity contribution is 0.541. The van der Waals surface area contributed by atoms with Crippen LogP contribution in [0.2, 0.25) is 0 Å². The Kier molecular flexibility index (Phi) is 3.38.